The predicted octanol–water partition coefficient (Wildman–Crippen LogP) is 3.98. The van der Waals surface area contributed by atoms with Gasteiger partial charge in [0.15, 0.2) is 0 Å². The van der Waals surface area contributed by atoms with E-state index in [4.69, 9.17) is 22.1 Å². The van der Waals surface area contributed by atoms with Crippen molar-refractivity contribution in [2.45, 2.75) is 6.61 Å². The smallest absolute Gasteiger partial charge is 0.138 e. The van der Waals surface area contributed by atoms with Crippen LogP contribution in [0.3, 0.4) is 0 Å². The zero-order valence-electron chi connectivity index (χ0n) is 10.2. The molecule has 0 bridgehead atoms. The average Bonchev–Trinajstić information content (AvgIpc) is 2.80. The molecule has 0 fully saturated rings. The summed E-state index contributed by atoms with van der Waals surface area (Å²) in [7, 11) is 0. The summed E-state index contributed by atoms with van der Waals surface area (Å²) >= 11 is 6.05. The minimum Gasteiger partial charge on any atom is -0.487 e. The van der Waals surface area contributed by atoms with Crippen LogP contribution >= 0.6 is 11.6 Å². The number of fused-ring (bicyclic) bond motifs is 1. The van der Waals surface area contributed by atoms with E-state index < -0.39 is 0 Å². The second kappa shape index (κ2) is 4.86. The van der Waals surface area contributed by atoms with Crippen LogP contribution in [-0.2, 0) is 6.61 Å². The van der Waals surface area contributed by atoms with Crippen molar-refractivity contribution in [2.75, 3.05) is 5.73 Å². The Hall–Kier alpha value is -2.13. The Kier molecular flexibility index (Phi) is 3.05. The van der Waals surface area contributed by atoms with Gasteiger partial charge in [-0.25, -0.2) is 0 Å². The van der Waals surface area contributed by atoms with Gasteiger partial charge in [-0.3, -0.25) is 0 Å². The van der Waals surface area contributed by atoms with E-state index in [2.05, 4.69) is 4.98 Å². The van der Waals surface area contributed by atoms with Crippen molar-refractivity contribution in [3.05, 3.63) is 59.2 Å². The molecular weight excluding hydrogens is 260 g/mol. The van der Waals surface area contributed by atoms with Gasteiger partial charge in [-0.2, -0.15) is 0 Å². The molecule has 0 amide bonds. The quantitative estimate of drug-likeness (QED) is 0.709. The maximum atomic E-state index is 6.05. The first-order valence-electron chi connectivity index (χ1n) is 5.97. The fourth-order valence-electron chi connectivity index (χ4n) is 2.04. The molecule has 0 unspecified atom stereocenters. The number of nitrogens with one attached hydrogen (secondary N) is 1. The van der Waals surface area contributed by atoms with Crippen LogP contribution in [0.5, 0.6) is 5.75 Å². The number of hydrogen-bond donors (Lipinski definition) is 2. The Bertz CT molecular complexity index is 721. The highest BCUT2D eigenvalue weighted by Gasteiger charge is 2.06. The van der Waals surface area contributed by atoms with E-state index in [0.29, 0.717) is 17.4 Å². The Labute approximate surface area is 116 Å². The molecule has 1 heterocycles. The lowest BCUT2D eigenvalue weighted by molar-refractivity contribution is 0.308. The molecule has 0 aliphatic rings. The van der Waals surface area contributed by atoms with E-state index in [1.54, 1.807) is 0 Å². The Morgan fingerprint density at radius 1 is 1.16 bits per heavy atom. The van der Waals surface area contributed by atoms with Crippen molar-refractivity contribution in [3.63, 3.8) is 0 Å². The van der Waals surface area contributed by atoms with Crippen molar-refractivity contribution in [1.82, 2.24) is 4.98 Å². The topological polar surface area (TPSA) is 51.0 Å². The van der Waals surface area contributed by atoms with Gasteiger partial charge in [-0.1, -0.05) is 29.8 Å². The molecule has 96 valence electrons. The van der Waals surface area contributed by atoms with Gasteiger partial charge in [0.05, 0.1) is 5.02 Å². The molecular formula is C15H13ClN2O. The number of rotatable bonds is 3. The second-order valence-electron chi connectivity index (χ2n) is 4.34. The molecule has 0 saturated heterocycles. The normalized spacial score (nSPS) is 10.8. The van der Waals surface area contributed by atoms with Crippen LogP contribution in [0.15, 0.2) is 48.7 Å². The summed E-state index contributed by atoms with van der Waals surface area (Å²) in [6.07, 6.45) is 1.93. The van der Waals surface area contributed by atoms with E-state index in [-0.39, 0.29) is 0 Å². The van der Waals surface area contributed by atoms with Crippen LogP contribution in [0, 0.1) is 0 Å². The fourth-order valence-corrected chi connectivity index (χ4v) is 2.23. The molecule has 19 heavy (non-hydrogen) atoms. The zero-order chi connectivity index (χ0) is 13.2. The zero-order valence-corrected chi connectivity index (χ0v) is 10.9. The lowest BCUT2D eigenvalue weighted by atomic mass is 10.2. The molecule has 0 aliphatic carbocycles. The van der Waals surface area contributed by atoms with Gasteiger partial charge >= 0.3 is 0 Å². The van der Waals surface area contributed by atoms with Crippen LogP contribution in [0.1, 0.15) is 5.56 Å². The summed E-state index contributed by atoms with van der Waals surface area (Å²) in [5.74, 6) is 0.689. The first kappa shape index (κ1) is 11.9. The molecule has 0 spiro atoms. The van der Waals surface area contributed by atoms with E-state index >= 15 is 0 Å². The summed E-state index contributed by atoms with van der Waals surface area (Å²) in [6, 6.07) is 13.2. The highest BCUT2D eigenvalue weighted by Crippen LogP contribution is 2.26. The van der Waals surface area contributed by atoms with Crippen LogP contribution in [-0.4, -0.2) is 4.98 Å². The van der Waals surface area contributed by atoms with Crippen molar-refractivity contribution in [1.29, 1.82) is 0 Å². The monoisotopic (exact) mass is 272 g/mol. The third-order valence-corrected chi connectivity index (χ3v) is 3.32. The Morgan fingerprint density at radius 2 is 2.00 bits per heavy atom. The predicted molar refractivity (Wildman–Crippen MR) is 78.5 cm³/mol. The molecule has 1 aromatic heterocycles. The maximum absolute atomic E-state index is 6.05. The summed E-state index contributed by atoms with van der Waals surface area (Å²) in [6.45, 7) is 0.466. The number of nitrogen functional groups attached to an aromatic ring is 1. The van der Waals surface area contributed by atoms with Crippen molar-refractivity contribution < 1.29 is 4.74 Å². The van der Waals surface area contributed by atoms with Gasteiger partial charge in [-0.05, 0) is 24.3 Å². The van der Waals surface area contributed by atoms with Gasteiger partial charge in [-0.15, -0.1) is 0 Å². The summed E-state index contributed by atoms with van der Waals surface area (Å²) in [4.78, 5) is 3.19. The van der Waals surface area contributed by atoms with Gasteiger partial charge in [0.25, 0.3) is 0 Å². The lowest BCUT2D eigenvalue weighted by Crippen LogP contribution is -1.94. The molecule has 4 heteroatoms. The second-order valence-corrected chi connectivity index (χ2v) is 4.75. The molecule has 0 atom stereocenters. The standard InChI is InChI=1S/C15H13ClN2O/c16-13-3-1-2-4-15(13)19-9-10-8-18-14-7-11(17)5-6-12(10)14/h1-8,18H,9,17H2. The van der Waals surface area contributed by atoms with Crippen molar-refractivity contribution in [3.8, 4) is 5.75 Å². The largest absolute Gasteiger partial charge is 0.487 e. The first-order chi connectivity index (χ1) is 9.24. The number of benzene rings is 2. The maximum Gasteiger partial charge on any atom is 0.138 e. The van der Waals surface area contributed by atoms with Crippen molar-refractivity contribution in [2.24, 2.45) is 0 Å². The SMILES string of the molecule is Nc1ccc2c(COc3ccccc3Cl)c[nH]c2c1. The minimum atomic E-state index is 0.466. The average molecular weight is 273 g/mol. The highest BCUT2D eigenvalue weighted by molar-refractivity contribution is 6.32. The molecule has 3 N–H and O–H groups in total. The highest BCUT2D eigenvalue weighted by atomic mass is 35.5. The summed E-state index contributed by atoms with van der Waals surface area (Å²) < 4.78 is 5.74. The number of anilines is 1. The van der Waals surface area contributed by atoms with E-state index in [1.807, 2.05) is 48.7 Å². The van der Waals surface area contributed by atoms with Crippen LogP contribution in [0.4, 0.5) is 5.69 Å². The van der Waals surface area contributed by atoms with Gasteiger partial charge < -0.3 is 15.5 Å². The molecule has 0 radical (unpaired) electrons. The summed E-state index contributed by atoms with van der Waals surface area (Å²) in [5, 5.41) is 1.73. The number of aromatic amines is 1. The van der Waals surface area contributed by atoms with Crippen LogP contribution in [0.2, 0.25) is 5.02 Å². The molecule has 3 nitrogen and oxygen atoms in total. The third-order valence-electron chi connectivity index (χ3n) is 3.01. The lowest BCUT2D eigenvalue weighted by Gasteiger charge is -2.06. The number of H-pyrrole nitrogens is 1. The van der Waals surface area contributed by atoms with Gasteiger partial charge in [0.1, 0.15) is 12.4 Å². The van der Waals surface area contributed by atoms with Crippen LogP contribution < -0.4 is 10.5 Å². The van der Waals surface area contributed by atoms with Gasteiger partial charge in [0.2, 0.25) is 0 Å². The van der Waals surface area contributed by atoms with E-state index in [9.17, 15) is 0 Å². The minimum absolute atomic E-state index is 0.466. The number of hydrogen-bond acceptors (Lipinski definition) is 2. The summed E-state index contributed by atoms with van der Waals surface area (Å²) in [5.41, 5.74) is 8.58. The fraction of sp³-hybridized carbons (Fsp3) is 0.0667. The third kappa shape index (κ3) is 2.37. The van der Waals surface area contributed by atoms with Crippen LogP contribution in [0.25, 0.3) is 10.9 Å². The molecule has 2 aromatic carbocycles. The number of nitrogens with two attached hydrogens (primary N) is 1. The number of aromatic nitrogens is 1. The Balaban J connectivity index is 1.84. The molecule has 0 aliphatic heterocycles. The number of halogens is 1. The van der Waals surface area contributed by atoms with E-state index in [0.717, 1.165) is 22.2 Å². The van der Waals surface area contributed by atoms with Gasteiger partial charge in [0, 0.05) is 28.4 Å². The number of para-hydroxylation sites is 1. The Morgan fingerprint density at radius 3 is 2.84 bits per heavy atom. The molecule has 3 aromatic rings. The van der Waals surface area contributed by atoms with E-state index in [1.165, 1.54) is 0 Å². The molecule has 3 rings (SSSR count). The first-order valence-corrected chi connectivity index (χ1v) is 6.34. The molecule has 0 saturated carbocycles. The van der Waals surface area contributed by atoms with Crippen molar-refractivity contribution >= 4 is 28.2 Å². The number of ether oxygens (including phenoxy) is 1.